The van der Waals surface area contributed by atoms with Crippen molar-refractivity contribution in [1.82, 2.24) is 24.9 Å². The highest BCUT2D eigenvalue weighted by atomic mass is 16.5. The number of carbonyl (C=O) groups excluding carboxylic acids is 2. The molecule has 0 aliphatic carbocycles. The lowest BCUT2D eigenvalue weighted by Gasteiger charge is -2.38. The number of rotatable bonds is 10. The lowest BCUT2D eigenvalue weighted by Crippen LogP contribution is -2.51. The Morgan fingerprint density at radius 2 is 1.43 bits per heavy atom. The Morgan fingerprint density at radius 1 is 0.929 bits per heavy atom. The van der Waals surface area contributed by atoms with E-state index in [4.69, 9.17) is 0 Å². The van der Waals surface area contributed by atoms with Crippen LogP contribution in [0.25, 0.3) is 0 Å². The van der Waals surface area contributed by atoms with Gasteiger partial charge in [-0.1, -0.05) is 67.7 Å². The summed E-state index contributed by atoms with van der Waals surface area (Å²) in [6.45, 7) is 28.7. The number of piperazine rings is 1. The Bertz CT molecular complexity index is 570. The van der Waals surface area contributed by atoms with E-state index in [1.165, 1.54) is 58.2 Å². The fraction of sp³-hybridized carbons (Fsp3) is 0.941. The van der Waals surface area contributed by atoms with Gasteiger partial charge in [-0.15, -0.1) is 0 Å². The van der Waals surface area contributed by atoms with Crippen LogP contribution >= 0.6 is 0 Å². The molecule has 2 atom stereocenters. The quantitative estimate of drug-likeness (QED) is 0.238. The average Bonchev–Trinajstić information content (AvgIpc) is 3.21. The van der Waals surface area contributed by atoms with Gasteiger partial charge in [0.2, 0.25) is 5.91 Å². The van der Waals surface area contributed by atoms with Gasteiger partial charge in [-0.3, -0.25) is 14.5 Å². The van der Waals surface area contributed by atoms with E-state index >= 15 is 0 Å². The summed E-state index contributed by atoms with van der Waals surface area (Å²) in [5, 5.41) is 2.93. The molecular weight excluding hydrogens is 526 g/mol. The fourth-order valence-corrected chi connectivity index (χ4v) is 5.14. The Hall–Kier alpha value is -1.22. The maximum atomic E-state index is 11.1. The topological polar surface area (TPSA) is 68.4 Å². The maximum Gasteiger partial charge on any atom is 0.293 e. The molecule has 3 saturated heterocycles. The van der Waals surface area contributed by atoms with Crippen LogP contribution in [0.3, 0.4) is 0 Å². The number of carbonyl (C=O) groups is 2. The Balaban J connectivity index is -0.000000510. The van der Waals surface area contributed by atoms with Crippen molar-refractivity contribution in [1.29, 1.82) is 0 Å². The molecule has 8 nitrogen and oxygen atoms in total. The number of fused-ring (bicyclic) bond motifs is 2. The highest BCUT2D eigenvalue weighted by Crippen LogP contribution is 2.28. The molecule has 254 valence electrons. The number of hydrogen-bond acceptors (Lipinski definition) is 7. The first-order chi connectivity index (χ1) is 20.1. The van der Waals surface area contributed by atoms with Crippen molar-refractivity contribution < 1.29 is 14.3 Å². The molecule has 3 rings (SSSR count). The van der Waals surface area contributed by atoms with Crippen molar-refractivity contribution in [2.75, 3.05) is 67.0 Å². The third kappa shape index (κ3) is 22.3. The van der Waals surface area contributed by atoms with Crippen LogP contribution in [0.4, 0.5) is 0 Å². The van der Waals surface area contributed by atoms with Crippen LogP contribution in [-0.4, -0.2) is 123 Å². The number of ether oxygens (including phenoxy) is 1. The summed E-state index contributed by atoms with van der Waals surface area (Å²) in [6, 6.07) is 2.21. The molecule has 3 aliphatic heterocycles. The van der Waals surface area contributed by atoms with Crippen molar-refractivity contribution >= 4 is 12.4 Å². The number of hydrogen-bond donors (Lipinski definition) is 1. The van der Waals surface area contributed by atoms with Crippen LogP contribution < -0.4 is 5.32 Å². The predicted octanol–water partition coefficient (Wildman–Crippen LogP) is 6.14. The molecule has 2 bridgehead atoms. The summed E-state index contributed by atoms with van der Waals surface area (Å²) in [6.07, 6.45) is 10.8. The summed E-state index contributed by atoms with van der Waals surface area (Å²) >= 11 is 0. The van der Waals surface area contributed by atoms with Crippen molar-refractivity contribution in [3.63, 3.8) is 0 Å². The number of nitrogens with one attached hydrogen (secondary N) is 1. The highest BCUT2D eigenvalue weighted by Gasteiger charge is 2.36. The highest BCUT2D eigenvalue weighted by molar-refractivity contribution is 5.73. The van der Waals surface area contributed by atoms with Crippen molar-refractivity contribution in [3.05, 3.63) is 0 Å². The van der Waals surface area contributed by atoms with Crippen LogP contribution in [0, 0.1) is 0 Å². The van der Waals surface area contributed by atoms with E-state index in [1.54, 1.807) is 20.8 Å². The van der Waals surface area contributed by atoms with Gasteiger partial charge in [-0.25, -0.2) is 0 Å². The van der Waals surface area contributed by atoms with Gasteiger partial charge in [0.05, 0.1) is 6.10 Å². The minimum Gasteiger partial charge on any atom is -0.465 e. The average molecular weight is 602 g/mol. The lowest BCUT2D eigenvalue weighted by atomic mass is 10.0. The van der Waals surface area contributed by atoms with Gasteiger partial charge >= 0.3 is 0 Å². The molecule has 0 aromatic rings. The van der Waals surface area contributed by atoms with E-state index in [0.717, 1.165) is 51.1 Å². The summed E-state index contributed by atoms with van der Waals surface area (Å²) < 4.78 is 4.36. The molecule has 1 amide bonds. The second kappa shape index (κ2) is 31.2. The van der Waals surface area contributed by atoms with E-state index in [-0.39, 0.29) is 12.0 Å². The summed E-state index contributed by atoms with van der Waals surface area (Å²) in [5.74, 6) is 0.190. The zero-order chi connectivity index (χ0) is 32.9. The van der Waals surface area contributed by atoms with Crippen LogP contribution in [0.2, 0.25) is 0 Å². The molecule has 0 radical (unpaired) electrons. The lowest BCUT2D eigenvalue weighted by molar-refractivity contribution is -0.132. The largest absolute Gasteiger partial charge is 0.465 e. The van der Waals surface area contributed by atoms with E-state index < -0.39 is 0 Å². The molecule has 2 unspecified atom stereocenters. The number of amides is 1. The molecule has 0 aromatic carbocycles. The van der Waals surface area contributed by atoms with E-state index in [9.17, 15) is 9.59 Å². The van der Waals surface area contributed by atoms with Crippen LogP contribution in [-0.2, 0) is 14.3 Å². The van der Waals surface area contributed by atoms with Crippen LogP contribution in [0.5, 0.6) is 0 Å². The Labute approximate surface area is 263 Å². The maximum absolute atomic E-state index is 11.1. The molecule has 0 saturated carbocycles. The van der Waals surface area contributed by atoms with E-state index in [0.29, 0.717) is 12.5 Å². The summed E-state index contributed by atoms with van der Waals surface area (Å²) in [5.41, 5.74) is 0. The fourth-order valence-electron chi connectivity index (χ4n) is 5.14. The molecule has 3 fully saturated rings. The molecule has 3 aliphatic rings. The zero-order valence-corrected chi connectivity index (χ0v) is 30.5. The first-order valence-electron chi connectivity index (χ1n) is 17.3. The third-order valence-electron chi connectivity index (χ3n) is 7.98. The normalized spacial score (nSPS) is 20.0. The SMILES string of the molecule is CC.CC.CC(C)OC=O.CCCCCCN1CC2CCC(C1)N2C.CCN1CCC(N(C)C(C)=O)CC1.CCNC. The first kappa shape index (κ1) is 45.2. The van der Waals surface area contributed by atoms with E-state index in [2.05, 4.69) is 52.6 Å². The van der Waals surface area contributed by atoms with Crippen LogP contribution in [0.1, 0.15) is 121 Å². The number of likely N-dealkylation sites (N-methyl/N-ethyl adjacent to an activating group) is 1. The van der Waals surface area contributed by atoms with Gasteiger partial charge in [0.25, 0.3) is 6.47 Å². The van der Waals surface area contributed by atoms with Gasteiger partial charge in [0, 0.05) is 58.3 Å². The van der Waals surface area contributed by atoms with Crippen molar-refractivity contribution in [2.45, 2.75) is 145 Å². The third-order valence-corrected chi connectivity index (χ3v) is 7.98. The molecule has 8 heteroatoms. The molecule has 0 aromatic heterocycles. The molecule has 0 spiro atoms. The van der Waals surface area contributed by atoms with Gasteiger partial charge in [0.15, 0.2) is 0 Å². The second-order valence-corrected chi connectivity index (χ2v) is 11.2. The predicted molar refractivity (Wildman–Crippen MR) is 183 cm³/mol. The smallest absolute Gasteiger partial charge is 0.293 e. The number of nitrogens with zero attached hydrogens (tertiary/aromatic N) is 4. The minimum atomic E-state index is 0.0301. The van der Waals surface area contributed by atoms with E-state index in [1.807, 2.05) is 46.7 Å². The summed E-state index contributed by atoms with van der Waals surface area (Å²) in [7, 11) is 6.16. The molecular formula is C34H75N5O3. The first-order valence-corrected chi connectivity index (χ1v) is 17.3. The Morgan fingerprint density at radius 3 is 1.76 bits per heavy atom. The standard InChI is InChI=1S/C13H26N2.C10H20N2O.C4H8O2.C3H9N.2C2H6/c1-3-4-5-6-9-15-10-12-7-8-13(11-15)14(12)2;1-4-12-7-5-10(6-8-12)11(3)9(2)13;1-4(2)6-3-5;1-3-4-2;2*1-2/h12-13H,3-11H2,1-2H3;10H,4-8H2,1-3H3;3-4H,1-2H3;4H,3H2,1-2H3;2*1-2H3. The van der Waals surface area contributed by atoms with Crippen molar-refractivity contribution in [3.8, 4) is 0 Å². The monoisotopic (exact) mass is 602 g/mol. The van der Waals surface area contributed by atoms with Crippen LogP contribution in [0.15, 0.2) is 0 Å². The minimum absolute atomic E-state index is 0.0301. The molecule has 3 heterocycles. The number of piperidine rings is 1. The van der Waals surface area contributed by atoms with Gasteiger partial charge in [-0.2, -0.15) is 0 Å². The van der Waals surface area contributed by atoms with Gasteiger partial charge in [-0.05, 0) is 79.7 Å². The molecule has 1 N–H and O–H groups in total. The Kier molecular flexibility index (Phi) is 33.6. The zero-order valence-electron chi connectivity index (χ0n) is 30.5. The molecule has 42 heavy (non-hydrogen) atoms. The number of likely N-dealkylation sites (tertiary alicyclic amines) is 2. The number of unbranched alkanes of at least 4 members (excludes halogenated alkanes) is 3. The van der Waals surface area contributed by atoms with Crippen molar-refractivity contribution in [2.24, 2.45) is 0 Å². The van der Waals surface area contributed by atoms with Gasteiger partial charge < -0.3 is 24.8 Å². The van der Waals surface area contributed by atoms with Gasteiger partial charge in [0.1, 0.15) is 0 Å². The summed E-state index contributed by atoms with van der Waals surface area (Å²) in [4.78, 5) is 30.1. The second-order valence-electron chi connectivity index (χ2n) is 11.2.